The Kier molecular flexibility index (Phi) is 6.02. The summed E-state index contributed by atoms with van der Waals surface area (Å²) in [5.41, 5.74) is 1.57. The highest BCUT2D eigenvalue weighted by Crippen LogP contribution is 2.33. The molecule has 1 N–H and O–H groups in total. The smallest absolute Gasteiger partial charge is 0.231 e. The van der Waals surface area contributed by atoms with Crippen molar-refractivity contribution in [3.8, 4) is 0 Å². The van der Waals surface area contributed by atoms with Crippen LogP contribution in [0.2, 0.25) is 0 Å². The third kappa shape index (κ3) is 4.39. The number of nitrogens with zero attached hydrogens (tertiary/aromatic N) is 3. The van der Waals surface area contributed by atoms with Gasteiger partial charge < -0.3 is 19.7 Å². The van der Waals surface area contributed by atoms with Crippen LogP contribution in [0.5, 0.6) is 0 Å². The molecule has 0 radical (unpaired) electrons. The van der Waals surface area contributed by atoms with Gasteiger partial charge in [-0.3, -0.25) is 9.69 Å². The van der Waals surface area contributed by atoms with Crippen molar-refractivity contribution in [2.75, 3.05) is 56.2 Å². The van der Waals surface area contributed by atoms with Crippen LogP contribution in [0.15, 0.2) is 24.4 Å². The molecule has 1 amide bonds. The van der Waals surface area contributed by atoms with Crippen LogP contribution in [0, 0.1) is 12.8 Å². The van der Waals surface area contributed by atoms with Crippen LogP contribution in [-0.2, 0) is 14.3 Å². The fraction of sp³-hybridized carbons (Fsp3) is 0.615. The number of nitrogens with one attached hydrogen (secondary N) is 1. The molecule has 2 aromatic rings. The fourth-order valence-corrected chi connectivity index (χ4v) is 5.53. The van der Waals surface area contributed by atoms with Gasteiger partial charge in [-0.05, 0) is 63.3 Å². The molecule has 1 aromatic carbocycles. The van der Waals surface area contributed by atoms with E-state index in [1.165, 1.54) is 11.3 Å². The number of hydrogen-bond donors (Lipinski definition) is 1. The number of carbonyl (C=O) groups excluding carboxylic acids is 1. The lowest BCUT2D eigenvalue weighted by molar-refractivity contribution is -0.119. The molecule has 0 bridgehead atoms. The van der Waals surface area contributed by atoms with E-state index >= 15 is 0 Å². The predicted octanol–water partition coefficient (Wildman–Crippen LogP) is 3.55. The summed E-state index contributed by atoms with van der Waals surface area (Å²) in [6.45, 7) is 12.5. The van der Waals surface area contributed by atoms with Crippen molar-refractivity contribution in [2.24, 2.45) is 5.92 Å². The van der Waals surface area contributed by atoms with Crippen molar-refractivity contribution in [1.82, 2.24) is 9.88 Å². The van der Waals surface area contributed by atoms with Crippen LogP contribution in [0.25, 0.3) is 10.8 Å². The van der Waals surface area contributed by atoms with E-state index in [2.05, 4.69) is 39.2 Å². The van der Waals surface area contributed by atoms with E-state index in [1.54, 1.807) is 0 Å². The molecule has 8 heteroatoms. The molecule has 3 fully saturated rings. The molecule has 3 saturated heterocycles. The van der Waals surface area contributed by atoms with Crippen LogP contribution >= 0.6 is 0 Å². The average molecular weight is 471 g/mol. The van der Waals surface area contributed by atoms with E-state index in [0.29, 0.717) is 25.5 Å². The van der Waals surface area contributed by atoms with Crippen molar-refractivity contribution < 1.29 is 18.7 Å². The number of halogens is 1. The number of rotatable bonds is 4. The highest BCUT2D eigenvalue weighted by atomic mass is 19.1. The SMILES string of the molecule is Cc1cc2cnc(NC(=O)C3COC(C)(C)C3)cc2cc1N1CCN([C@@]2(C)COC[C@H]2F)CC1. The van der Waals surface area contributed by atoms with Gasteiger partial charge in [-0.15, -0.1) is 0 Å². The second kappa shape index (κ2) is 8.73. The Bertz CT molecular complexity index is 1090. The van der Waals surface area contributed by atoms with E-state index in [4.69, 9.17) is 9.47 Å². The Morgan fingerprint density at radius 2 is 1.88 bits per heavy atom. The number of pyridine rings is 1. The van der Waals surface area contributed by atoms with Crippen molar-refractivity contribution in [3.05, 3.63) is 30.0 Å². The van der Waals surface area contributed by atoms with Crippen LogP contribution in [-0.4, -0.2) is 79.1 Å². The Balaban J connectivity index is 1.30. The number of anilines is 2. The number of amides is 1. The monoisotopic (exact) mass is 470 g/mol. The number of fused-ring (bicyclic) bond motifs is 1. The second-order valence-corrected chi connectivity index (χ2v) is 10.8. The zero-order chi connectivity index (χ0) is 24.1. The maximum atomic E-state index is 14.5. The van der Waals surface area contributed by atoms with Gasteiger partial charge in [0.15, 0.2) is 0 Å². The van der Waals surface area contributed by atoms with Gasteiger partial charge in [0.25, 0.3) is 0 Å². The summed E-state index contributed by atoms with van der Waals surface area (Å²) in [5, 5.41) is 5.05. The minimum Gasteiger partial charge on any atom is -0.376 e. The predicted molar refractivity (Wildman–Crippen MR) is 131 cm³/mol. The molecule has 34 heavy (non-hydrogen) atoms. The van der Waals surface area contributed by atoms with Crippen LogP contribution in [0.4, 0.5) is 15.9 Å². The average Bonchev–Trinajstić information content (AvgIpc) is 3.35. The number of aromatic nitrogens is 1. The molecule has 0 spiro atoms. The molecule has 4 heterocycles. The standard InChI is InChI=1S/C26H35FN4O3/c1-17-9-19-13-28-23(29-24(32)20-12-25(2,3)34-14-20)11-18(19)10-21(17)30-5-7-31(8-6-30)26(4)16-33-15-22(26)27/h9-11,13,20,22H,5-8,12,14-16H2,1-4H3,(H,28,29,32)/t20?,22-,26+/m1/s1. The number of carbonyl (C=O) groups is 1. The summed E-state index contributed by atoms with van der Waals surface area (Å²) in [5.74, 6) is 0.356. The Morgan fingerprint density at radius 3 is 2.53 bits per heavy atom. The van der Waals surface area contributed by atoms with Gasteiger partial charge in [0.05, 0.1) is 36.9 Å². The van der Waals surface area contributed by atoms with Gasteiger partial charge in [-0.25, -0.2) is 9.37 Å². The zero-order valence-corrected chi connectivity index (χ0v) is 20.6. The Morgan fingerprint density at radius 1 is 1.12 bits per heavy atom. The summed E-state index contributed by atoms with van der Waals surface area (Å²) in [6.07, 6.45) is 1.58. The quantitative estimate of drug-likeness (QED) is 0.737. The number of ether oxygens (including phenoxy) is 2. The highest BCUT2D eigenvalue weighted by molar-refractivity contribution is 5.95. The summed E-state index contributed by atoms with van der Waals surface area (Å²) >= 11 is 0. The minimum atomic E-state index is -0.940. The molecule has 7 nitrogen and oxygen atoms in total. The van der Waals surface area contributed by atoms with Crippen LogP contribution in [0.1, 0.15) is 32.8 Å². The molecule has 184 valence electrons. The number of hydrogen-bond acceptors (Lipinski definition) is 6. The zero-order valence-electron chi connectivity index (χ0n) is 20.6. The minimum absolute atomic E-state index is 0.0450. The Labute approximate surface area is 200 Å². The fourth-order valence-electron chi connectivity index (χ4n) is 5.53. The molecule has 1 aromatic heterocycles. The van der Waals surface area contributed by atoms with Crippen LogP contribution in [0.3, 0.4) is 0 Å². The summed E-state index contributed by atoms with van der Waals surface area (Å²) in [7, 11) is 0. The summed E-state index contributed by atoms with van der Waals surface area (Å²) < 4.78 is 25.6. The molecule has 0 aliphatic carbocycles. The lowest BCUT2D eigenvalue weighted by Crippen LogP contribution is -2.59. The number of aryl methyl sites for hydroxylation is 1. The number of benzene rings is 1. The first-order chi connectivity index (χ1) is 16.1. The van der Waals surface area contributed by atoms with Crippen molar-refractivity contribution >= 4 is 28.2 Å². The number of alkyl halides is 1. The molecule has 0 saturated carbocycles. The summed E-state index contributed by atoms with van der Waals surface area (Å²) in [4.78, 5) is 21.8. The molecule has 3 atom stereocenters. The van der Waals surface area contributed by atoms with E-state index < -0.39 is 11.7 Å². The van der Waals surface area contributed by atoms with Gasteiger partial charge in [0, 0.05) is 43.4 Å². The van der Waals surface area contributed by atoms with E-state index in [0.717, 1.165) is 37.0 Å². The first-order valence-electron chi connectivity index (χ1n) is 12.2. The maximum Gasteiger partial charge on any atom is 0.231 e. The van der Waals surface area contributed by atoms with E-state index in [1.807, 2.05) is 33.0 Å². The van der Waals surface area contributed by atoms with Gasteiger partial charge in [0.1, 0.15) is 12.0 Å². The third-order valence-corrected chi connectivity index (χ3v) is 7.75. The molecular formula is C26H35FN4O3. The first-order valence-corrected chi connectivity index (χ1v) is 12.2. The van der Waals surface area contributed by atoms with Crippen molar-refractivity contribution in [2.45, 2.75) is 51.4 Å². The lowest BCUT2D eigenvalue weighted by Gasteiger charge is -2.45. The molecular weight excluding hydrogens is 435 g/mol. The molecule has 3 aliphatic heterocycles. The third-order valence-electron chi connectivity index (χ3n) is 7.75. The van der Waals surface area contributed by atoms with Gasteiger partial charge in [-0.1, -0.05) is 0 Å². The van der Waals surface area contributed by atoms with Gasteiger partial charge >= 0.3 is 0 Å². The molecule has 1 unspecified atom stereocenters. The van der Waals surface area contributed by atoms with E-state index in [9.17, 15) is 9.18 Å². The summed E-state index contributed by atoms with van der Waals surface area (Å²) in [6, 6.07) is 6.27. The largest absolute Gasteiger partial charge is 0.376 e. The molecule has 5 rings (SSSR count). The van der Waals surface area contributed by atoms with Gasteiger partial charge in [0.2, 0.25) is 5.91 Å². The molecule has 3 aliphatic rings. The van der Waals surface area contributed by atoms with Crippen LogP contribution < -0.4 is 10.2 Å². The van der Waals surface area contributed by atoms with Gasteiger partial charge in [-0.2, -0.15) is 0 Å². The Hall–Kier alpha value is -2.29. The second-order valence-electron chi connectivity index (χ2n) is 10.8. The normalized spacial score (nSPS) is 29.6. The topological polar surface area (TPSA) is 66.9 Å². The lowest BCUT2D eigenvalue weighted by atomic mass is 9.96. The number of piperazine rings is 1. The van der Waals surface area contributed by atoms with Crippen molar-refractivity contribution in [1.29, 1.82) is 0 Å². The first kappa shape index (κ1) is 23.5. The maximum absolute atomic E-state index is 14.5. The van der Waals surface area contributed by atoms with Crippen molar-refractivity contribution in [3.63, 3.8) is 0 Å². The highest BCUT2D eigenvalue weighted by Gasteiger charge is 2.46. The van der Waals surface area contributed by atoms with E-state index in [-0.39, 0.29) is 24.0 Å².